The van der Waals surface area contributed by atoms with Gasteiger partial charge in [-0.05, 0) is 81.0 Å². The van der Waals surface area contributed by atoms with Crippen LogP contribution >= 0.6 is 64.7 Å². The van der Waals surface area contributed by atoms with E-state index in [4.69, 9.17) is 15.1 Å². The van der Waals surface area contributed by atoms with E-state index in [0.29, 0.717) is 36.1 Å². The molecule has 0 aromatic carbocycles. The first-order valence-corrected chi connectivity index (χ1v) is 21.3. The van der Waals surface area contributed by atoms with Crippen LogP contribution < -0.4 is 0 Å². The van der Waals surface area contributed by atoms with Crippen molar-refractivity contribution in [3.8, 4) is 0 Å². The Hall–Kier alpha value is 2.67. The average Bonchev–Trinajstić information content (AvgIpc) is 2.83. The van der Waals surface area contributed by atoms with E-state index >= 15 is 0 Å². The van der Waals surface area contributed by atoms with Crippen molar-refractivity contribution in [3.63, 3.8) is 0 Å². The third-order valence-electron chi connectivity index (χ3n) is 6.38. The molecule has 50 heavy (non-hydrogen) atoms. The number of hydrogen-bond acceptors (Lipinski definition) is 3. The first-order valence-electron chi connectivity index (χ1n) is 17.2. The predicted octanol–water partition coefficient (Wildman–Crippen LogP) is 12.9. The molecule has 7 unspecified atom stereocenters. The Morgan fingerprint density at radius 1 is 0.280 bits per heavy atom. The Bertz CT molecular complexity index is 454. The Balaban J connectivity index is -0.0000000327. The van der Waals surface area contributed by atoms with Crippen LogP contribution in [0.15, 0.2) is 0 Å². The zero-order chi connectivity index (χ0) is 40.0. The Morgan fingerprint density at radius 2 is 0.300 bits per heavy atom. The van der Waals surface area contributed by atoms with Gasteiger partial charge in [-0.1, -0.05) is 145 Å². The van der Waals surface area contributed by atoms with Crippen LogP contribution in [-0.4, -0.2) is 58.5 Å². The maximum absolute atomic E-state index is 7.17. The van der Waals surface area contributed by atoms with Crippen LogP contribution in [0, 0.1) is 0 Å². The Labute approximate surface area is 331 Å². The molecule has 0 aliphatic heterocycles. The fourth-order valence-electron chi connectivity index (χ4n) is 0. The van der Waals surface area contributed by atoms with Gasteiger partial charge in [-0.3, -0.25) is 18.8 Å². The summed E-state index contributed by atoms with van der Waals surface area (Å²) in [4.78, 5) is 0. The van der Waals surface area contributed by atoms with Crippen molar-refractivity contribution in [1.82, 2.24) is 0 Å². The van der Waals surface area contributed by atoms with Crippen LogP contribution in [0.1, 0.15) is 190 Å². The van der Waals surface area contributed by atoms with Crippen LogP contribution in [0.3, 0.4) is 0 Å². The molecule has 15 heteroatoms. The third-order valence-corrected chi connectivity index (χ3v) is 9.24. The molecular weight excluding hydrogens is 772 g/mol. The summed E-state index contributed by atoms with van der Waals surface area (Å²) in [5.74, 6) is 0. The maximum atomic E-state index is 7.17. The van der Waals surface area contributed by atoms with E-state index < -0.39 is 7.32 Å². The zero-order valence-electron chi connectivity index (χ0n) is 37.0. The molecule has 0 spiro atoms. The largest absolute Gasteiger partial charge is 0.631 e. The maximum Gasteiger partial charge on any atom is 0.631 e. The quantitative estimate of drug-likeness (QED) is 0.136. The van der Waals surface area contributed by atoms with E-state index in [9.17, 15) is 0 Å². The first-order chi connectivity index (χ1) is 19.7. The molecule has 0 saturated heterocycles. The molecule has 0 aliphatic carbocycles. The zero-order valence-corrected chi connectivity index (χ0v) is 45.1. The highest BCUT2D eigenvalue weighted by atomic mass is 31.0. The van der Waals surface area contributed by atoms with E-state index in [0.717, 1.165) is 0 Å². The minimum Gasteiger partial charge on any atom is -0.402 e. The van der Waals surface area contributed by atoms with Crippen molar-refractivity contribution in [3.05, 3.63) is 0 Å². The molecule has 0 heterocycles. The number of hydrogen-bond donors (Lipinski definition) is 3. The molecule has 0 fully saturated rings. The van der Waals surface area contributed by atoms with E-state index in [-0.39, 0.29) is 18.8 Å². The van der Waals surface area contributed by atoms with Crippen molar-refractivity contribution >= 4 is 72.0 Å². The van der Waals surface area contributed by atoms with Crippen LogP contribution in [0.5, 0.6) is 0 Å². The Kier molecular flexibility index (Phi) is 75.5. The molecule has 3 N–H and O–H groups in total. The first kappa shape index (κ1) is 85.0. The third kappa shape index (κ3) is 223. The van der Waals surface area contributed by atoms with Crippen LogP contribution in [-0.2, 0) is 0 Å². The summed E-state index contributed by atoms with van der Waals surface area (Å²) < 4.78 is 0. The molecule has 322 valence electrons. The monoisotopic (exact) mass is 871 g/mol. The van der Waals surface area contributed by atoms with Crippen LogP contribution in [0.2, 0.25) is 0 Å². The molecule has 0 bridgehead atoms. The molecule has 0 radical (unpaired) electrons. The van der Waals surface area contributed by atoms with Gasteiger partial charge in [-0.25, -0.2) is 0 Å². The molecule has 0 aromatic rings. The lowest BCUT2D eigenvalue weighted by Gasteiger charge is -2.12. The SMILES string of the molecule is CCC(C)(C)P.CCC(C)(C)P.CCC(C)(C)P.CCC(C)(C)P.CCC(C)(C)P.CCC(C)(C)P.CCC(C)(C)P.F.F.F.F.OB(O)O. The summed E-state index contributed by atoms with van der Waals surface area (Å²) in [5.41, 5.74) is 0. The number of halogens is 4. The second kappa shape index (κ2) is 44.4. The molecule has 7 atom stereocenters. The topological polar surface area (TPSA) is 60.7 Å². The van der Waals surface area contributed by atoms with E-state index in [2.05, 4.69) is 210 Å². The molecule has 0 aromatic heterocycles. The van der Waals surface area contributed by atoms with Gasteiger partial charge in [0.1, 0.15) is 0 Å². The van der Waals surface area contributed by atoms with Crippen molar-refractivity contribution in [2.45, 2.75) is 226 Å². The minimum absolute atomic E-state index is 0. The summed E-state index contributed by atoms with van der Waals surface area (Å²) in [7, 11) is 17.4. The lowest BCUT2D eigenvalue weighted by atomic mass is 10.1. The van der Waals surface area contributed by atoms with Gasteiger partial charge < -0.3 is 15.1 Å². The normalized spacial score (nSPS) is 10.6. The summed E-state index contributed by atoms with van der Waals surface area (Å²) in [6, 6.07) is 0. The number of rotatable bonds is 7. The molecule has 0 rings (SSSR count). The molecule has 0 aliphatic rings. The van der Waals surface area contributed by atoms with Gasteiger partial charge in [0.25, 0.3) is 0 Å². The van der Waals surface area contributed by atoms with Gasteiger partial charge in [0, 0.05) is 0 Å². The van der Waals surface area contributed by atoms with Crippen LogP contribution in [0.25, 0.3) is 0 Å². The predicted molar refractivity (Wildman–Crippen MR) is 261 cm³/mol. The van der Waals surface area contributed by atoms with Crippen molar-refractivity contribution in [1.29, 1.82) is 0 Å². The summed E-state index contributed by atoms with van der Waals surface area (Å²) in [5, 5.41) is 24.7. The lowest BCUT2D eigenvalue weighted by molar-refractivity contribution is 0.278. The Morgan fingerprint density at radius 3 is 0.300 bits per heavy atom. The molecule has 0 amide bonds. The van der Waals surface area contributed by atoms with Crippen molar-refractivity contribution < 1.29 is 33.9 Å². The molecule has 3 nitrogen and oxygen atoms in total. The van der Waals surface area contributed by atoms with Gasteiger partial charge in [-0.15, -0.1) is 64.7 Å². The van der Waals surface area contributed by atoms with Crippen LogP contribution in [0.4, 0.5) is 18.8 Å². The van der Waals surface area contributed by atoms with Gasteiger partial charge in [0.2, 0.25) is 0 Å². The van der Waals surface area contributed by atoms with Crippen molar-refractivity contribution in [2.24, 2.45) is 0 Å². The van der Waals surface area contributed by atoms with Gasteiger partial charge in [0.15, 0.2) is 0 Å². The molecule has 0 saturated carbocycles. The minimum atomic E-state index is -2.17. The highest BCUT2D eigenvalue weighted by molar-refractivity contribution is 7.20. The van der Waals surface area contributed by atoms with Gasteiger partial charge in [-0.2, -0.15) is 0 Å². The standard InChI is InChI=1S/7C5H13P.BH3O3.4FH/c7*1-4-5(2,3)6;2-1(3)4;;;;/h7*4,6H2,1-3H3;2-4H;4*1H. The second-order valence-electron chi connectivity index (χ2n) is 16.7. The van der Waals surface area contributed by atoms with E-state index in [1.807, 2.05) is 0 Å². The van der Waals surface area contributed by atoms with E-state index in [1.54, 1.807) is 0 Å². The highest BCUT2D eigenvalue weighted by Crippen LogP contribution is 2.22. The summed E-state index contributed by atoms with van der Waals surface area (Å²) >= 11 is 0. The van der Waals surface area contributed by atoms with E-state index in [1.165, 1.54) is 44.9 Å². The fraction of sp³-hybridized carbons (Fsp3) is 1.00. The summed E-state index contributed by atoms with van der Waals surface area (Å²) in [6.07, 6.45) is 8.64. The fourth-order valence-corrected chi connectivity index (χ4v) is 0. The highest BCUT2D eigenvalue weighted by Gasteiger charge is 2.06. The second-order valence-corrected chi connectivity index (χ2v) is 27.7. The smallest absolute Gasteiger partial charge is 0.402 e. The van der Waals surface area contributed by atoms with Gasteiger partial charge in [0.05, 0.1) is 0 Å². The van der Waals surface area contributed by atoms with Crippen molar-refractivity contribution in [2.75, 3.05) is 0 Å². The molecular formula is C35H98BF4O3P7. The average molecular weight is 871 g/mol. The lowest BCUT2D eigenvalue weighted by Crippen LogP contribution is -2.07. The van der Waals surface area contributed by atoms with Gasteiger partial charge >= 0.3 is 7.32 Å². The summed E-state index contributed by atoms with van der Waals surface area (Å²) in [6.45, 7) is 46.2.